The lowest BCUT2D eigenvalue weighted by Gasteiger charge is -2.35. The Morgan fingerprint density at radius 3 is 2.70 bits per heavy atom. The van der Waals surface area contributed by atoms with E-state index in [2.05, 4.69) is 12.1 Å². The van der Waals surface area contributed by atoms with Gasteiger partial charge in [0.25, 0.3) is 0 Å². The van der Waals surface area contributed by atoms with Crippen molar-refractivity contribution in [1.29, 1.82) is 0 Å². The van der Waals surface area contributed by atoms with Gasteiger partial charge in [-0.05, 0) is 38.3 Å². The first-order valence-corrected chi connectivity index (χ1v) is 9.84. The Morgan fingerprint density at radius 2 is 1.96 bits per heavy atom. The molecule has 0 aromatic heterocycles. The molecular weight excluding hydrogens is 340 g/mol. The summed E-state index contributed by atoms with van der Waals surface area (Å²) < 4.78 is 6.25. The van der Waals surface area contributed by atoms with Crippen molar-refractivity contribution in [3.63, 3.8) is 0 Å². The molecule has 4 heterocycles. The minimum Gasteiger partial charge on any atom is -0.360 e. The van der Waals surface area contributed by atoms with Gasteiger partial charge in [-0.25, -0.2) is 0 Å². The van der Waals surface area contributed by atoms with Crippen LogP contribution in [0.2, 0.25) is 0 Å². The maximum absolute atomic E-state index is 13.5. The zero-order valence-electron chi connectivity index (χ0n) is 16.1. The maximum atomic E-state index is 13.5. The summed E-state index contributed by atoms with van der Waals surface area (Å²) in [5.41, 5.74) is 1.63. The second-order valence-corrected chi connectivity index (χ2v) is 9.27. The van der Waals surface area contributed by atoms with Crippen molar-refractivity contribution in [3.05, 3.63) is 47.5 Å². The average molecular weight is 366 g/mol. The molecule has 27 heavy (non-hydrogen) atoms. The van der Waals surface area contributed by atoms with Crippen molar-refractivity contribution in [2.45, 2.75) is 51.0 Å². The zero-order valence-corrected chi connectivity index (χ0v) is 16.1. The molecule has 1 aromatic rings. The third kappa shape index (κ3) is 2.34. The van der Waals surface area contributed by atoms with Gasteiger partial charge in [-0.3, -0.25) is 9.59 Å². The molecule has 0 N–H and O–H groups in total. The number of amides is 2. The molecule has 4 aliphatic heterocycles. The van der Waals surface area contributed by atoms with Crippen molar-refractivity contribution >= 4 is 11.8 Å². The highest BCUT2D eigenvalue weighted by Crippen LogP contribution is 2.53. The molecule has 5 rings (SSSR count). The van der Waals surface area contributed by atoms with Gasteiger partial charge >= 0.3 is 0 Å². The molecule has 2 fully saturated rings. The van der Waals surface area contributed by atoms with Crippen molar-refractivity contribution in [2.75, 3.05) is 13.1 Å². The number of carbonyl (C=O) groups excluding carboxylic acids is 2. The Hall–Kier alpha value is -2.14. The second kappa shape index (κ2) is 5.44. The minimum absolute atomic E-state index is 0.0603. The van der Waals surface area contributed by atoms with Crippen LogP contribution < -0.4 is 0 Å². The number of rotatable bonds is 1. The van der Waals surface area contributed by atoms with E-state index in [1.54, 1.807) is 0 Å². The SMILES string of the molecule is CC(C)(C)N1CC23C=CC(O2)C(C(=O)N2CCc4ccccc4C2)C3C1=O. The number of benzene rings is 1. The predicted molar refractivity (Wildman–Crippen MR) is 101 cm³/mol. The average Bonchev–Trinajstić information content (AvgIpc) is 3.28. The Morgan fingerprint density at radius 1 is 1.22 bits per heavy atom. The lowest BCUT2D eigenvalue weighted by molar-refractivity contribution is -0.145. The van der Waals surface area contributed by atoms with Gasteiger partial charge in [0, 0.05) is 18.6 Å². The zero-order chi connectivity index (χ0) is 19.0. The Balaban J connectivity index is 1.44. The summed E-state index contributed by atoms with van der Waals surface area (Å²) in [6.07, 6.45) is 4.62. The van der Waals surface area contributed by atoms with E-state index >= 15 is 0 Å². The molecule has 0 aliphatic carbocycles. The summed E-state index contributed by atoms with van der Waals surface area (Å²) in [7, 11) is 0. The van der Waals surface area contributed by atoms with Crippen molar-refractivity contribution < 1.29 is 14.3 Å². The molecule has 2 saturated heterocycles. The van der Waals surface area contributed by atoms with E-state index < -0.39 is 17.4 Å². The molecule has 4 unspecified atom stereocenters. The highest BCUT2D eigenvalue weighted by Gasteiger charge is 2.68. The predicted octanol–water partition coefficient (Wildman–Crippen LogP) is 2.15. The van der Waals surface area contributed by atoms with Crippen molar-refractivity contribution in [2.24, 2.45) is 11.8 Å². The third-order valence-electron chi connectivity index (χ3n) is 6.64. The molecule has 0 saturated carbocycles. The van der Waals surface area contributed by atoms with E-state index in [0.717, 1.165) is 6.42 Å². The van der Waals surface area contributed by atoms with Gasteiger partial charge in [-0.15, -0.1) is 0 Å². The molecule has 0 radical (unpaired) electrons. The molecule has 2 amide bonds. The van der Waals surface area contributed by atoms with Gasteiger partial charge in [-0.2, -0.15) is 0 Å². The number of hydrogen-bond donors (Lipinski definition) is 0. The summed E-state index contributed by atoms with van der Waals surface area (Å²) in [6, 6.07) is 8.30. The summed E-state index contributed by atoms with van der Waals surface area (Å²) in [6.45, 7) is 7.99. The lowest BCUT2D eigenvalue weighted by Crippen LogP contribution is -2.48. The number of carbonyl (C=O) groups is 2. The fourth-order valence-corrected chi connectivity index (χ4v) is 5.24. The Labute approximate surface area is 160 Å². The summed E-state index contributed by atoms with van der Waals surface area (Å²) >= 11 is 0. The van der Waals surface area contributed by atoms with E-state index in [-0.39, 0.29) is 23.5 Å². The summed E-state index contributed by atoms with van der Waals surface area (Å²) in [5.74, 6) is -0.670. The number of ether oxygens (including phenoxy) is 1. The number of hydrogen-bond acceptors (Lipinski definition) is 3. The van der Waals surface area contributed by atoms with Gasteiger partial charge in [0.15, 0.2) is 0 Å². The first-order valence-electron chi connectivity index (χ1n) is 9.84. The van der Waals surface area contributed by atoms with E-state index in [9.17, 15) is 9.59 Å². The Kier molecular flexibility index (Phi) is 3.43. The maximum Gasteiger partial charge on any atom is 0.230 e. The van der Waals surface area contributed by atoms with Crippen LogP contribution in [0.5, 0.6) is 0 Å². The summed E-state index contributed by atoms with van der Waals surface area (Å²) in [4.78, 5) is 30.5. The van der Waals surface area contributed by atoms with Gasteiger partial charge in [0.05, 0.1) is 24.5 Å². The monoisotopic (exact) mass is 366 g/mol. The molecule has 4 aliphatic rings. The topological polar surface area (TPSA) is 49.9 Å². The molecule has 142 valence electrons. The van der Waals surface area contributed by atoms with Crippen LogP contribution in [0.15, 0.2) is 36.4 Å². The first kappa shape index (κ1) is 17.0. The van der Waals surface area contributed by atoms with Crippen LogP contribution in [-0.2, 0) is 27.3 Å². The molecule has 4 atom stereocenters. The molecule has 5 nitrogen and oxygen atoms in total. The molecule has 1 spiro atoms. The van der Waals surface area contributed by atoms with Gasteiger partial charge in [0.2, 0.25) is 11.8 Å². The van der Waals surface area contributed by atoms with Gasteiger partial charge in [0.1, 0.15) is 5.60 Å². The summed E-state index contributed by atoms with van der Waals surface area (Å²) in [5, 5.41) is 0. The van der Waals surface area contributed by atoms with Crippen LogP contribution in [-0.4, -0.2) is 51.9 Å². The van der Waals surface area contributed by atoms with E-state index in [1.807, 2.05) is 54.9 Å². The minimum atomic E-state index is -0.622. The number of nitrogens with zero attached hydrogens (tertiary/aromatic N) is 2. The molecule has 5 heteroatoms. The van der Waals surface area contributed by atoms with E-state index in [4.69, 9.17) is 4.74 Å². The van der Waals surface area contributed by atoms with Gasteiger partial charge < -0.3 is 14.5 Å². The molecular formula is C22H26N2O3. The highest BCUT2D eigenvalue weighted by molar-refractivity contribution is 5.93. The largest absolute Gasteiger partial charge is 0.360 e. The Bertz CT molecular complexity index is 855. The van der Waals surface area contributed by atoms with E-state index in [1.165, 1.54) is 11.1 Å². The van der Waals surface area contributed by atoms with Crippen LogP contribution in [0, 0.1) is 11.8 Å². The first-order chi connectivity index (χ1) is 12.8. The smallest absolute Gasteiger partial charge is 0.230 e. The standard InChI is InChI=1S/C22H26N2O3/c1-21(2,3)24-13-22-10-8-16(27-22)17(18(22)20(24)26)19(25)23-11-9-14-6-4-5-7-15(14)12-23/h4-8,10,16-18H,9,11-13H2,1-3H3. The van der Waals surface area contributed by atoms with Crippen LogP contribution in [0.1, 0.15) is 31.9 Å². The van der Waals surface area contributed by atoms with Gasteiger partial charge in [-0.1, -0.05) is 36.4 Å². The molecule has 2 bridgehead atoms. The number of likely N-dealkylation sites (tertiary alicyclic amines) is 1. The third-order valence-corrected chi connectivity index (χ3v) is 6.64. The van der Waals surface area contributed by atoms with Crippen LogP contribution in [0.25, 0.3) is 0 Å². The quantitative estimate of drug-likeness (QED) is 0.716. The van der Waals surface area contributed by atoms with Crippen LogP contribution >= 0.6 is 0 Å². The van der Waals surface area contributed by atoms with E-state index in [0.29, 0.717) is 19.6 Å². The fourth-order valence-electron chi connectivity index (χ4n) is 5.24. The lowest BCUT2D eigenvalue weighted by atomic mass is 9.76. The highest BCUT2D eigenvalue weighted by atomic mass is 16.5. The normalized spacial score (nSPS) is 34.2. The molecule has 1 aromatic carbocycles. The fraction of sp³-hybridized carbons (Fsp3) is 0.545. The van der Waals surface area contributed by atoms with Crippen molar-refractivity contribution in [3.8, 4) is 0 Å². The van der Waals surface area contributed by atoms with Crippen LogP contribution in [0.3, 0.4) is 0 Å². The van der Waals surface area contributed by atoms with Crippen LogP contribution in [0.4, 0.5) is 0 Å². The van der Waals surface area contributed by atoms with Crippen molar-refractivity contribution in [1.82, 2.24) is 9.80 Å². The number of fused-ring (bicyclic) bond motifs is 2. The second-order valence-electron chi connectivity index (χ2n) is 9.27.